The molecule has 92 valence electrons. The van der Waals surface area contributed by atoms with E-state index in [2.05, 4.69) is 28.2 Å². The predicted octanol–water partition coefficient (Wildman–Crippen LogP) is 2.19. The molecule has 17 heavy (non-hydrogen) atoms. The lowest BCUT2D eigenvalue weighted by molar-refractivity contribution is 0.0709. The van der Waals surface area contributed by atoms with Gasteiger partial charge in [0, 0.05) is 35.7 Å². The minimum Gasteiger partial charge on any atom is -0.336 e. The van der Waals surface area contributed by atoms with Crippen molar-refractivity contribution in [3.05, 3.63) is 33.8 Å². The number of aryl methyl sites for hydroxylation is 1. The van der Waals surface area contributed by atoms with Crippen LogP contribution in [0.3, 0.4) is 0 Å². The summed E-state index contributed by atoms with van der Waals surface area (Å²) in [7, 11) is 0. The van der Waals surface area contributed by atoms with Crippen molar-refractivity contribution < 1.29 is 4.79 Å². The first kappa shape index (κ1) is 12.6. The molecule has 0 aliphatic carbocycles. The van der Waals surface area contributed by atoms with Gasteiger partial charge in [-0.1, -0.05) is 22.0 Å². The van der Waals surface area contributed by atoms with Crippen molar-refractivity contribution in [1.29, 1.82) is 0 Å². The molecule has 0 radical (unpaired) electrons. The Morgan fingerprint density at radius 3 is 2.94 bits per heavy atom. The summed E-state index contributed by atoms with van der Waals surface area (Å²) in [4.78, 5) is 14.2. The topological polar surface area (TPSA) is 32.3 Å². The summed E-state index contributed by atoms with van der Waals surface area (Å²) in [6, 6.07) is 6.16. The summed E-state index contributed by atoms with van der Waals surface area (Å²) in [6.45, 7) is 6.56. The SMILES string of the molecule is Cc1ccc(C(=O)N2CCNC(C)C2)cc1Br. The fourth-order valence-corrected chi connectivity index (χ4v) is 2.40. The summed E-state index contributed by atoms with van der Waals surface area (Å²) < 4.78 is 0.992. The molecule has 4 heteroatoms. The van der Waals surface area contributed by atoms with E-state index in [1.807, 2.05) is 30.0 Å². The molecule has 1 aromatic carbocycles. The van der Waals surface area contributed by atoms with Crippen LogP contribution >= 0.6 is 15.9 Å². The van der Waals surface area contributed by atoms with E-state index in [4.69, 9.17) is 0 Å². The third-order valence-electron chi connectivity index (χ3n) is 3.07. The number of halogens is 1. The number of nitrogens with one attached hydrogen (secondary N) is 1. The van der Waals surface area contributed by atoms with Crippen LogP contribution in [-0.4, -0.2) is 36.5 Å². The second-order valence-corrected chi connectivity index (χ2v) is 5.42. The van der Waals surface area contributed by atoms with Gasteiger partial charge in [0.05, 0.1) is 0 Å². The van der Waals surface area contributed by atoms with Gasteiger partial charge in [0.15, 0.2) is 0 Å². The fourth-order valence-electron chi connectivity index (χ4n) is 2.03. The van der Waals surface area contributed by atoms with Gasteiger partial charge in [-0.15, -0.1) is 0 Å². The lowest BCUT2D eigenvalue weighted by Crippen LogP contribution is -2.51. The molecule has 0 saturated carbocycles. The van der Waals surface area contributed by atoms with E-state index in [1.165, 1.54) is 0 Å². The van der Waals surface area contributed by atoms with Crippen molar-refractivity contribution >= 4 is 21.8 Å². The summed E-state index contributed by atoms with van der Waals surface area (Å²) in [6.07, 6.45) is 0. The van der Waals surface area contributed by atoms with Crippen LogP contribution in [0.2, 0.25) is 0 Å². The maximum absolute atomic E-state index is 12.3. The first-order valence-corrected chi connectivity index (χ1v) is 6.66. The van der Waals surface area contributed by atoms with Gasteiger partial charge >= 0.3 is 0 Å². The maximum Gasteiger partial charge on any atom is 0.253 e. The van der Waals surface area contributed by atoms with Gasteiger partial charge in [0.25, 0.3) is 5.91 Å². The smallest absolute Gasteiger partial charge is 0.253 e. The van der Waals surface area contributed by atoms with E-state index in [0.29, 0.717) is 6.04 Å². The number of nitrogens with zero attached hydrogens (tertiary/aromatic N) is 1. The van der Waals surface area contributed by atoms with Crippen LogP contribution in [0.25, 0.3) is 0 Å². The Morgan fingerprint density at radius 1 is 1.53 bits per heavy atom. The molecule has 1 aromatic rings. The summed E-state index contributed by atoms with van der Waals surface area (Å²) >= 11 is 3.47. The first-order valence-electron chi connectivity index (χ1n) is 5.87. The normalized spacial score (nSPS) is 20.4. The number of benzene rings is 1. The monoisotopic (exact) mass is 296 g/mol. The van der Waals surface area contributed by atoms with Crippen molar-refractivity contribution in [2.24, 2.45) is 0 Å². The summed E-state index contributed by atoms with van der Waals surface area (Å²) in [5.41, 5.74) is 1.91. The molecular weight excluding hydrogens is 280 g/mol. The highest BCUT2D eigenvalue weighted by Gasteiger charge is 2.21. The highest BCUT2D eigenvalue weighted by atomic mass is 79.9. The average Bonchev–Trinajstić information content (AvgIpc) is 2.32. The summed E-state index contributed by atoms with van der Waals surface area (Å²) in [5.74, 6) is 0.124. The van der Waals surface area contributed by atoms with E-state index >= 15 is 0 Å². The van der Waals surface area contributed by atoms with Crippen molar-refractivity contribution in [3.8, 4) is 0 Å². The number of carbonyl (C=O) groups is 1. The maximum atomic E-state index is 12.3. The lowest BCUT2D eigenvalue weighted by Gasteiger charge is -2.32. The van der Waals surface area contributed by atoms with Crippen LogP contribution in [0.4, 0.5) is 0 Å². The highest BCUT2D eigenvalue weighted by molar-refractivity contribution is 9.10. The van der Waals surface area contributed by atoms with Crippen LogP contribution < -0.4 is 5.32 Å². The zero-order valence-corrected chi connectivity index (χ0v) is 11.8. The van der Waals surface area contributed by atoms with Gasteiger partial charge in [-0.3, -0.25) is 4.79 Å². The molecule has 1 saturated heterocycles. The zero-order valence-electron chi connectivity index (χ0n) is 10.2. The van der Waals surface area contributed by atoms with Crippen molar-refractivity contribution in [2.75, 3.05) is 19.6 Å². The van der Waals surface area contributed by atoms with Gasteiger partial charge in [-0.2, -0.15) is 0 Å². The number of carbonyl (C=O) groups excluding carboxylic acids is 1. The number of hydrogen-bond acceptors (Lipinski definition) is 2. The van der Waals surface area contributed by atoms with Gasteiger partial charge in [0.1, 0.15) is 0 Å². The quantitative estimate of drug-likeness (QED) is 0.862. The molecule has 0 spiro atoms. The highest BCUT2D eigenvalue weighted by Crippen LogP contribution is 2.19. The van der Waals surface area contributed by atoms with Gasteiger partial charge in [-0.05, 0) is 31.5 Å². The Morgan fingerprint density at radius 2 is 2.29 bits per heavy atom. The molecule has 1 fully saturated rings. The Balaban J connectivity index is 2.15. The molecule has 0 aromatic heterocycles. The average molecular weight is 297 g/mol. The van der Waals surface area contributed by atoms with Crippen LogP contribution in [0.1, 0.15) is 22.8 Å². The minimum absolute atomic E-state index is 0.124. The zero-order chi connectivity index (χ0) is 12.4. The van der Waals surface area contributed by atoms with Crippen LogP contribution in [0.15, 0.2) is 22.7 Å². The Kier molecular flexibility index (Phi) is 3.84. The van der Waals surface area contributed by atoms with Gasteiger partial charge in [0.2, 0.25) is 0 Å². The predicted molar refractivity (Wildman–Crippen MR) is 72.2 cm³/mol. The second-order valence-electron chi connectivity index (χ2n) is 4.57. The molecule has 1 amide bonds. The Bertz CT molecular complexity index is 433. The molecule has 1 N–H and O–H groups in total. The van der Waals surface area contributed by atoms with Gasteiger partial charge in [-0.25, -0.2) is 0 Å². The lowest BCUT2D eigenvalue weighted by atomic mass is 10.1. The molecule has 1 aliphatic rings. The van der Waals surface area contributed by atoms with Crippen molar-refractivity contribution in [3.63, 3.8) is 0 Å². The molecule has 2 rings (SSSR count). The number of hydrogen-bond donors (Lipinski definition) is 1. The number of rotatable bonds is 1. The van der Waals surface area contributed by atoms with E-state index in [1.54, 1.807) is 0 Å². The second kappa shape index (κ2) is 5.19. The Labute approximate surface area is 110 Å². The molecular formula is C13H17BrN2O. The summed E-state index contributed by atoms with van der Waals surface area (Å²) in [5, 5.41) is 3.34. The van der Waals surface area contributed by atoms with E-state index in [-0.39, 0.29) is 5.91 Å². The van der Waals surface area contributed by atoms with Crippen molar-refractivity contribution in [1.82, 2.24) is 10.2 Å². The molecule has 1 atom stereocenters. The largest absolute Gasteiger partial charge is 0.336 e. The first-order chi connectivity index (χ1) is 8.08. The molecule has 1 heterocycles. The Hall–Kier alpha value is -0.870. The van der Waals surface area contributed by atoms with Crippen molar-refractivity contribution in [2.45, 2.75) is 19.9 Å². The van der Waals surface area contributed by atoms with E-state index in [0.717, 1.165) is 35.2 Å². The molecule has 1 unspecified atom stereocenters. The molecule has 1 aliphatic heterocycles. The van der Waals surface area contributed by atoms with Crippen LogP contribution in [0, 0.1) is 6.92 Å². The van der Waals surface area contributed by atoms with E-state index < -0.39 is 0 Å². The van der Waals surface area contributed by atoms with Gasteiger partial charge < -0.3 is 10.2 Å². The standard InChI is InChI=1S/C13H17BrN2O/c1-9-3-4-11(7-12(9)14)13(17)16-6-5-15-10(2)8-16/h3-4,7,10,15H,5-6,8H2,1-2H3. The molecule has 0 bridgehead atoms. The molecule has 3 nitrogen and oxygen atoms in total. The third kappa shape index (κ3) is 2.87. The number of piperazine rings is 1. The minimum atomic E-state index is 0.124. The van der Waals surface area contributed by atoms with E-state index in [9.17, 15) is 4.79 Å². The third-order valence-corrected chi connectivity index (χ3v) is 3.93. The van der Waals surface area contributed by atoms with Crippen LogP contribution in [0.5, 0.6) is 0 Å². The fraction of sp³-hybridized carbons (Fsp3) is 0.462. The number of amides is 1. The van der Waals surface area contributed by atoms with Crippen LogP contribution in [-0.2, 0) is 0 Å².